The maximum Gasteiger partial charge on any atom is 0.128 e. The number of anilines is 2. The minimum absolute atomic E-state index is 0.0601. The van der Waals surface area contributed by atoms with Crippen LogP contribution in [0.15, 0.2) is 42.7 Å². The molecule has 1 aromatic carbocycles. The predicted octanol–water partition coefficient (Wildman–Crippen LogP) is 3.46. The smallest absolute Gasteiger partial charge is 0.128 e. The number of halogens is 1. The summed E-state index contributed by atoms with van der Waals surface area (Å²) in [7, 11) is 3.79. The molecule has 100 valence electrons. The van der Waals surface area contributed by atoms with Gasteiger partial charge in [-0.3, -0.25) is 4.98 Å². The van der Waals surface area contributed by atoms with Gasteiger partial charge in [0.1, 0.15) is 5.82 Å². The van der Waals surface area contributed by atoms with E-state index < -0.39 is 0 Å². The highest BCUT2D eigenvalue weighted by Crippen LogP contribution is 2.27. The van der Waals surface area contributed by atoms with Crippen LogP contribution >= 0.6 is 0 Å². The number of nitrogens with zero attached hydrogens (tertiary/aromatic N) is 2. The van der Waals surface area contributed by atoms with Crippen LogP contribution in [-0.4, -0.2) is 19.1 Å². The molecule has 4 heteroatoms. The molecule has 0 aliphatic rings. The highest BCUT2D eigenvalue weighted by molar-refractivity contribution is 5.56. The quantitative estimate of drug-likeness (QED) is 0.911. The van der Waals surface area contributed by atoms with E-state index in [0.717, 1.165) is 11.4 Å². The lowest BCUT2D eigenvalue weighted by Gasteiger charge is -2.27. The molecule has 0 spiro atoms. The highest BCUT2D eigenvalue weighted by Gasteiger charge is 2.16. The van der Waals surface area contributed by atoms with Gasteiger partial charge in [-0.2, -0.15) is 0 Å². The molecule has 0 saturated carbocycles. The van der Waals surface area contributed by atoms with E-state index in [1.165, 1.54) is 6.07 Å². The minimum Gasteiger partial charge on any atom is -0.387 e. The van der Waals surface area contributed by atoms with Gasteiger partial charge >= 0.3 is 0 Å². The highest BCUT2D eigenvalue weighted by atomic mass is 19.1. The summed E-state index contributed by atoms with van der Waals surface area (Å²) in [6.07, 6.45) is 3.53. The fraction of sp³-hybridized carbons (Fsp3) is 0.267. The Morgan fingerprint density at radius 2 is 2.00 bits per heavy atom. The number of hydrogen-bond acceptors (Lipinski definition) is 3. The van der Waals surface area contributed by atoms with Crippen molar-refractivity contribution in [1.29, 1.82) is 0 Å². The van der Waals surface area contributed by atoms with E-state index in [0.29, 0.717) is 5.56 Å². The normalized spacial score (nSPS) is 12.0. The molecular weight excluding hydrogens is 241 g/mol. The van der Waals surface area contributed by atoms with E-state index in [4.69, 9.17) is 0 Å². The van der Waals surface area contributed by atoms with Crippen molar-refractivity contribution in [3.05, 3.63) is 54.1 Å². The lowest BCUT2D eigenvalue weighted by Crippen LogP contribution is -2.22. The molecule has 2 rings (SSSR count). The molecule has 1 unspecified atom stereocenters. The fourth-order valence-electron chi connectivity index (χ4n) is 2.00. The summed E-state index contributed by atoms with van der Waals surface area (Å²) in [5.41, 5.74) is 2.56. The number of rotatable bonds is 4. The van der Waals surface area contributed by atoms with Crippen LogP contribution in [0.2, 0.25) is 0 Å². The predicted molar refractivity (Wildman–Crippen MR) is 77.0 cm³/mol. The Morgan fingerprint density at radius 3 is 2.68 bits per heavy atom. The maximum atomic E-state index is 13.8. The first-order valence-electron chi connectivity index (χ1n) is 6.23. The molecule has 0 saturated heterocycles. The Morgan fingerprint density at radius 1 is 1.26 bits per heavy atom. The lowest BCUT2D eigenvalue weighted by molar-refractivity contribution is 0.585. The first-order valence-corrected chi connectivity index (χ1v) is 6.23. The van der Waals surface area contributed by atoms with E-state index in [9.17, 15) is 4.39 Å². The lowest BCUT2D eigenvalue weighted by atomic mass is 10.1. The van der Waals surface area contributed by atoms with Crippen molar-refractivity contribution >= 4 is 11.4 Å². The van der Waals surface area contributed by atoms with Crippen LogP contribution in [0.25, 0.3) is 0 Å². The van der Waals surface area contributed by atoms with Gasteiger partial charge in [-0.15, -0.1) is 0 Å². The zero-order valence-corrected chi connectivity index (χ0v) is 11.4. The molecule has 3 nitrogen and oxygen atoms in total. The molecule has 0 radical (unpaired) electrons. The van der Waals surface area contributed by atoms with E-state index in [1.807, 2.05) is 44.1 Å². The van der Waals surface area contributed by atoms with Crippen LogP contribution in [0.4, 0.5) is 15.8 Å². The standard InChI is InChI=1S/C15H18FN3/c1-11(14-6-4-5-7-15(14)16)19(3)13-8-12(17-2)9-18-10-13/h4-11,17H,1-3H3. The molecule has 0 aliphatic carbocycles. The van der Waals surface area contributed by atoms with Crippen molar-refractivity contribution < 1.29 is 4.39 Å². The molecule has 1 atom stereocenters. The third-order valence-corrected chi connectivity index (χ3v) is 3.36. The average molecular weight is 259 g/mol. The summed E-state index contributed by atoms with van der Waals surface area (Å²) >= 11 is 0. The van der Waals surface area contributed by atoms with Crippen molar-refractivity contribution in [2.75, 3.05) is 24.3 Å². The molecular formula is C15H18FN3. The first-order chi connectivity index (χ1) is 9.13. The van der Waals surface area contributed by atoms with Gasteiger partial charge in [-0.05, 0) is 19.1 Å². The van der Waals surface area contributed by atoms with Gasteiger partial charge in [-0.25, -0.2) is 4.39 Å². The van der Waals surface area contributed by atoms with E-state index in [-0.39, 0.29) is 11.9 Å². The summed E-state index contributed by atoms with van der Waals surface area (Å²) < 4.78 is 13.8. The van der Waals surface area contributed by atoms with Crippen molar-refractivity contribution in [2.45, 2.75) is 13.0 Å². The van der Waals surface area contributed by atoms with Gasteiger partial charge in [0.15, 0.2) is 0 Å². The van der Waals surface area contributed by atoms with E-state index in [1.54, 1.807) is 18.5 Å². The van der Waals surface area contributed by atoms with E-state index >= 15 is 0 Å². The Labute approximate surface area is 113 Å². The summed E-state index contributed by atoms with van der Waals surface area (Å²) in [5, 5.41) is 3.05. The number of aromatic nitrogens is 1. The van der Waals surface area contributed by atoms with Crippen LogP contribution in [-0.2, 0) is 0 Å². The number of benzene rings is 1. The van der Waals surface area contributed by atoms with Crippen LogP contribution < -0.4 is 10.2 Å². The van der Waals surface area contributed by atoms with E-state index in [2.05, 4.69) is 10.3 Å². The van der Waals surface area contributed by atoms with Crippen molar-refractivity contribution in [1.82, 2.24) is 4.98 Å². The second kappa shape index (κ2) is 5.69. The van der Waals surface area contributed by atoms with Crippen LogP contribution in [0.5, 0.6) is 0 Å². The molecule has 0 bridgehead atoms. The van der Waals surface area contributed by atoms with Gasteiger partial charge < -0.3 is 10.2 Å². The second-order valence-corrected chi connectivity index (χ2v) is 4.49. The van der Waals surface area contributed by atoms with Gasteiger partial charge in [-0.1, -0.05) is 18.2 Å². The van der Waals surface area contributed by atoms with Gasteiger partial charge in [0.05, 0.1) is 29.8 Å². The largest absolute Gasteiger partial charge is 0.387 e. The van der Waals surface area contributed by atoms with Gasteiger partial charge in [0, 0.05) is 19.7 Å². The molecule has 1 heterocycles. The molecule has 0 amide bonds. The van der Waals surface area contributed by atoms with Crippen LogP contribution in [0.3, 0.4) is 0 Å². The molecule has 0 aliphatic heterocycles. The van der Waals surface area contributed by atoms with Gasteiger partial charge in [0.25, 0.3) is 0 Å². The minimum atomic E-state index is -0.181. The summed E-state index contributed by atoms with van der Waals surface area (Å²) in [4.78, 5) is 6.18. The monoisotopic (exact) mass is 259 g/mol. The second-order valence-electron chi connectivity index (χ2n) is 4.49. The Balaban J connectivity index is 2.28. The van der Waals surface area contributed by atoms with Crippen molar-refractivity contribution in [2.24, 2.45) is 0 Å². The number of nitrogens with one attached hydrogen (secondary N) is 1. The zero-order valence-electron chi connectivity index (χ0n) is 11.4. The Hall–Kier alpha value is -2.10. The van der Waals surface area contributed by atoms with Gasteiger partial charge in [0.2, 0.25) is 0 Å². The SMILES string of the molecule is CNc1cncc(N(C)C(C)c2ccccc2F)c1. The third-order valence-electron chi connectivity index (χ3n) is 3.36. The summed E-state index contributed by atoms with van der Waals surface area (Å²) in [6, 6.07) is 8.79. The maximum absolute atomic E-state index is 13.8. The summed E-state index contributed by atoms with van der Waals surface area (Å²) in [6.45, 7) is 1.98. The Bertz CT molecular complexity index is 557. The first kappa shape index (κ1) is 13.3. The molecule has 1 N–H and O–H groups in total. The molecule has 0 fully saturated rings. The van der Waals surface area contributed by atoms with Crippen molar-refractivity contribution in [3.8, 4) is 0 Å². The Kier molecular flexibility index (Phi) is 4.00. The summed E-state index contributed by atoms with van der Waals surface area (Å²) in [5.74, 6) is -0.181. The number of hydrogen-bond donors (Lipinski definition) is 1. The van der Waals surface area contributed by atoms with Crippen molar-refractivity contribution in [3.63, 3.8) is 0 Å². The van der Waals surface area contributed by atoms with Crippen LogP contribution in [0.1, 0.15) is 18.5 Å². The molecule has 2 aromatic rings. The zero-order chi connectivity index (χ0) is 13.8. The average Bonchev–Trinajstić information content (AvgIpc) is 2.46. The van der Waals surface area contributed by atoms with Crippen LogP contribution in [0, 0.1) is 5.82 Å². The topological polar surface area (TPSA) is 28.2 Å². The fourth-order valence-corrected chi connectivity index (χ4v) is 2.00. The third kappa shape index (κ3) is 2.84. The number of pyridine rings is 1. The molecule has 1 aromatic heterocycles. The molecule has 19 heavy (non-hydrogen) atoms.